The van der Waals surface area contributed by atoms with Crippen LogP contribution in [0.15, 0.2) is 76.4 Å². The molecule has 0 amide bonds. The summed E-state index contributed by atoms with van der Waals surface area (Å²) < 4.78 is 33.6. The minimum atomic E-state index is -4.76. The highest BCUT2D eigenvalue weighted by molar-refractivity contribution is 7.93. The van der Waals surface area contributed by atoms with Crippen LogP contribution in [0.3, 0.4) is 0 Å². The van der Waals surface area contributed by atoms with Crippen LogP contribution in [0, 0.1) is 0 Å². The average Bonchev–Trinajstić information content (AvgIpc) is 2.84. The van der Waals surface area contributed by atoms with E-state index in [2.05, 4.69) is 0 Å². The zero-order valence-electron chi connectivity index (χ0n) is 18.1. The van der Waals surface area contributed by atoms with Crippen molar-refractivity contribution in [3.8, 4) is 5.75 Å². The summed E-state index contributed by atoms with van der Waals surface area (Å²) in [4.78, 5) is 39.6. The van der Waals surface area contributed by atoms with Crippen molar-refractivity contribution in [2.45, 2.75) is 16.7 Å². The number of rotatable bonds is 4. The lowest BCUT2D eigenvalue weighted by molar-refractivity contribution is -0.133. The van der Waals surface area contributed by atoms with Crippen LogP contribution in [-0.2, 0) is 21.2 Å². The molecule has 0 radical (unpaired) electrons. The number of carbonyl (C=O) groups is 2. The van der Waals surface area contributed by atoms with E-state index in [1.54, 1.807) is 36.4 Å². The van der Waals surface area contributed by atoms with Gasteiger partial charge >= 0.3 is 5.97 Å². The number of aromatic nitrogens is 1. The van der Waals surface area contributed by atoms with Crippen LogP contribution in [0.25, 0.3) is 10.9 Å². The molecule has 4 aromatic rings. The van der Waals surface area contributed by atoms with Gasteiger partial charge in [0.15, 0.2) is 5.75 Å². The molecule has 182 valence electrons. The van der Waals surface area contributed by atoms with Gasteiger partial charge in [0.2, 0.25) is 20.9 Å². The van der Waals surface area contributed by atoms with E-state index in [1.807, 2.05) is 18.2 Å². The van der Waals surface area contributed by atoms with Crippen molar-refractivity contribution in [2.24, 2.45) is 0 Å². The molecular formula is C25H14Cl3NO6S. The minimum absolute atomic E-state index is 0.0150. The lowest BCUT2D eigenvalue weighted by Gasteiger charge is -2.25. The highest BCUT2D eigenvalue weighted by Crippen LogP contribution is 2.38. The number of carbonyl (C=O) groups excluding carboxylic acids is 2. The lowest BCUT2D eigenvalue weighted by atomic mass is 10.0. The number of hydrogen-bond donors (Lipinski definition) is 0. The highest BCUT2D eigenvalue weighted by atomic mass is 35.5. The van der Waals surface area contributed by atoms with E-state index >= 15 is 0 Å². The van der Waals surface area contributed by atoms with E-state index in [0.717, 1.165) is 17.7 Å². The maximum Gasteiger partial charge on any atom is 0.338 e. The molecule has 0 bridgehead atoms. The second-order valence-corrected chi connectivity index (χ2v) is 11.2. The van der Waals surface area contributed by atoms with E-state index in [-0.39, 0.29) is 27.4 Å². The Labute approximate surface area is 219 Å². The Morgan fingerprint density at radius 3 is 2.19 bits per heavy atom. The number of pyridine rings is 1. The fourth-order valence-electron chi connectivity index (χ4n) is 4.13. The van der Waals surface area contributed by atoms with Crippen molar-refractivity contribution in [2.75, 3.05) is 0 Å². The topological polar surface area (TPSA) is 99.5 Å². The van der Waals surface area contributed by atoms with Crippen molar-refractivity contribution in [1.29, 1.82) is 0 Å². The number of sulfone groups is 1. The molecular weight excluding hydrogens is 549 g/mol. The highest BCUT2D eigenvalue weighted by Gasteiger charge is 2.49. The second-order valence-electron chi connectivity index (χ2n) is 8.01. The molecule has 0 spiro atoms. The minimum Gasteiger partial charge on any atom is -0.423 e. The van der Waals surface area contributed by atoms with Crippen molar-refractivity contribution in [3.05, 3.63) is 103 Å². The fourth-order valence-corrected chi connectivity index (χ4v) is 6.63. The number of Topliss-reactive ketones (excluding diaryl/α,β-unsaturated/α-hetero) is 1. The number of halogens is 3. The SMILES string of the molecule is O=C1Oc2c(c(=O)n(Cc3ccccc3)c3ccccc23)C(=O)C1S(=O)(=O)c1cc(Cl)c(Cl)cc1Cl. The van der Waals surface area contributed by atoms with Crippen molar-refractivity contribution >= 4 is 67.3 Å². The molecule has 1 aliphatic rings. The predicted molar refractivity (Wildman–Crippen MR) is 136 cm³/mol. The maximum absolute atomic E-state index is 13.6. The van der Waals surface area contributed by atoms with E-state index in [1.165, 1.54) is 4.57 Å². The third-order valence-electron chi connectivity index (χ3n) is 5.80. The van der Waals surface area contributed by atoms with E-state index in [9.17, 15) is 22.8 Å². The van der Waals surface area contributed by atoms with Gasteiger partial charge in [0.05, 0.1) is 32.0 Å². The van der Waals surface area contributed by atoms with Crippen molar-refractivity contribution < 1.29 is 22.7 Å². The Balaban J connectivity index is 1.73. The first-order valence-electron chi connectivity index (χ1n) is 10.4. The van der Waals surface area contributed by atoms with Gasteiger partial charge in [-0.15, -0.1) is 0 Å². The fraction of sp³-hybridized carbons (Fsp3) is 0.0800. The van der Waals surface area contributed by atoms with E-state index in [0.29, 0.717) is 10.9 Å². The van der Waals surface area contributed by atoms with Crippen LogP contribution < -0.4 is 10.3 Å². The van der Waals surface area contributed by atoms with Gasteiger partial charge in [0.25, 0.3) is 5.56 Å². The van der Waals surface area contributed by atoms with Crippen LogP contribution >= 0.6 is 34.8 Å². The van der Waals surface area contributed by atoms with Gasteiger partial charge in [0.1, 0.15) is 5.56 Å². The molecule has 5 rings (SSSR count). The molecule has 0 saturated heterocycles. The van der Waals surface area contributed by atoms with Crippen LogP contribution in [0.5, 0.6) is 5.75 Å². The number of ketones is 1. The summed E-state index contributed by atoms with van der Waals surface area (Å²) in [5, 5.41) is -2.53. The molecule has 1 aliphatic heterocycles. The first kappa shape index (κ1) is 24.5. The van der Waals surface area contributed by atoms with Gasteiger partial charge in [-0.25, -0.2) is 13.2 Å². The molecule has 36 heavy (non-hydrogen) atoms. The number of hydrogen-bond acceptors (Lipinski definition) is 6. The number of ether oxygens (including phenoxy) is 1. The Morgan fingerprint density at radius 1 is 0.833 bits per heavy atom. The maximum atomic E-state index is 13.6. The molecule has 0 N–H and O–H groups in total. The van der Waals surface area contributed by atoms with E-state index in [4.69, 9.17) is 39.5 Å². The Kier molecular flexibility index (Phi) is 6.16. The van der Waals surface area contributed by atoms with Crippen LogP contribution in [0.1, 0.15) is 15.9 Å². The summed E-state index contributed by atoms with van der Waals surface area (Å²) in [5.74, 6) is -2.83. The molecule has 1 unspecified atom stereocenters. The molecule has 11 heteroatoms. The lowest BCUT2D eigenvalue weighted by Crippen LogP contribution is -2.47. The summed E-state index contributed by atoms with van der Waals surface area (Å²) in [5.41, 5.74) is -0.129. The normalized spacial score (nSPS) is 15.6. The first-order chi connectivity index (χ1) is 17.1. The van der Waals surface area contributed by atoms with Gasteiger partial charge in [-0.05, 0) is 29.8 Å². The molecule has 0 fully saturated rings. The molecule has 1 atom stereocenters. The smallest absolute Gasteiger partial charge is 0.338 e. The molecule has 0 saturated carbocycles. The van der Waals surface area contributed by atoms with E-state index < -0.39 is 42.9 Å². The average molecular weight is 563 g/mol. The van der Waals surface area contributed by atoms with Crippen molar-refractivity contribution in [3.63, 3.8) is 0 Å². The van der Waals surface area contributed by atoms with Crippen LogP contribution in [-0.4, -0.2) is 30.0 Å². The number of para-hydroxylation sites is 1. The number of nitrogens with zero attached hydrogens (tertiary/aromatic N) is 1. The van der Waals surface area contributed by atoms with Gasteiger partial charge in [0, 0.05) is 5.39 Å². The Morgan fingerprint density at radius 2 is 1.47 bits per heavy atom. The Bertz CT molecular complexity index is 1750. The second kappa shape index (κ2) is 9.05. The Hall–Kier alpha value is -3.17. The standard InChI is InChI=1S/C25H14Cl3NO6S/c26-15-10-17(28)19(11-16(15)27)36(33,34)23-21(30)20-22(35-25(23)32)14-8-4-5-9-18(14)29(24(20)31)12-13-6-2-1-3-7-13/h1-11,23H,12H2. The zero-order chi connectivity index (χ0) is 25.8. The number of esters is 1. The molecule has 7 nitrogen and oxygen atoms in total. The molecule has 0 aliphatic carbocycles. The van der Waals surface area contributed by atoms with Crippen LogP contribution in [0.4, 0.5) is 0 Å². The van der Waals surface area contributed by atoms with Gasteiger partial charge in [-0.3, -0.25) is 9.59 Å². The summed E-state index contributed by atoms with van der Waals surface area (Å²) in [6.45, 7) is 0.102. The largest absolute Gasteiger partial charge is 0.423 e. The van der Waals surface area contributed by atoms with Crippen LogP contribution in [0.2, 0.25) is 15.1 Å². The summed E-state index contributed by atoms with van der Waals surface area (Å²) in [6.07, 6.45) is 0. The summed E-state index contributed by atoms with van der Waals surface area (Å²) in [6, 6.07) is 17.7. The third-order valence-corrected chi connectivity index (χ3v) is 8.93. The number of fused-ring (bicyclic) bond motifs is 3. The summed E-state index contributed by atoms with van der Waals surface area (Å²) in [7, 11) is -4.76. The monoisotopic (exact) mass is 561 g/mol. The molecule has 2 heterocycles. The zero-order valence-corrected chi connectivity index (χ0v) is 21.2. The molecule has 1 aromatic heterocycles. The summed E-state index contributed by atoms with van der Waals surface area (Å²) >= 11 is 17.9. The number of benzene rings is 3. The van der Waals surface area contributed by atoms with Crippen molar-refractivity contribution in [1.82, 2.24) is 4.57 Å². The van der Waals surface area contributed by atoms with Gasteiger partial charge in [-0.1, -0.05) is 77.3 Å². The first-order valence-corrected chi connectivity index (χ1v) is 13.1. The third kappa shape index (κ3) is 3.90. The molecule has 3 aromatic carbocycles. The van der Waals surface area contributed by atoms with Gasteiger partial charge < -0.3 is 9.30 Å². The predicted octanol–water partition coefficient (Wildman–Crippen LogP) is 4.95. The quantitative estimate of drug-likeness (QED) is 0.198. The van der Waals surface area contributed by atoms with Gasteiger partial charge in [-0.2, -0.15) is 0 Å².